The largest absolute Gasteiger partial charge is 0.382 e. The molecule has 0 aliphatic heterocycles. The summed E-state index contributed by atoms with van der Waals surface area (Å²) in [5.41, 5.74) is 1.60. The van der Waals surface area contributed by atoms with E-state index in [1.807, 2.05) is 41.4 Å². The van der Waals surface area contributed by atoms with Crippen molar-refractivity contribution in [2.24, 2.45) is 0 Å². The van der Waals surface area contributed by atoms with Gasteiger partial charge in [0.25, 0.3) is 0 Å². The van der Waals surface area contributed by atoms with Gasteiger partial charge in [-0.05, 0) is 24.5 Å². The molecule has 2 rings (SSSR count). The van der Waals surface area contributed by atoms with E-state index in [2.05, 4.69) is 16.5 Å². The second-order valence-electron chi connectivity index (χ2n) is 3.69. The predicted octanol–water partition coefficient (Wildman–Crippen LogP) is 2.59. The number of thioether (sulfide) groups is 1. The first-order valence-corrected chi connectivity index (χ1v) is 6.86. The first-order chi connectivity index (χ1) is 8.85. The van der Waals surface area contributed by atoms with Crippen LogP contribution >= 0.6 is 11.8 Å². The Balaban J connectivity index is 2.03. The van der Waals surface area contributed by atoms with Crippen molar-refractivity contribution in [1.82, 2.24) is 9.78 Å². The maximum Gasteiger partial charge on any atom is 0.102 e. The smallest absolute Gasteiger partial charge is 0.102 e. The molecule has 0 amide bonds. The highest BCUT2D eigenvalue weighted by Gasteiger charge is 2.06. The van der Waals surface area contributed by atoms with Gasteiger partial charge in [0.15, 0.2) is 0 Å². The molecule has 1 aromatic carbocycles. The summed E-state index contributed by atoms with van der Waals surface area (Å²) in [6.07, 6.45) is 5.66. The molecule has 5 heteroatoms. The van der Waals surface area contributed by atoms with Crippen LogP contribution in [-0.4, -0.2) is 22.6 Å². The van der Waals surface area contributed by atoms with Crippen LogP contribution in [0.25, 0.3) is 0 Å². The summed E-state index contributed by atoms with van der Waals surface area (Å²) in [5, 5.41) is 16.6. The Kier molecular flexibility index (Phi) is 4.26. The molecular formula is C13H14N4S. The van der Waals surface area contributed by atoms with Gasteiger partial charge in [-0.2, -0.15) is 10.4 Å². The third-order valence-corrected chi connectivity index (χ3v) is 3.35. The third-order valence-electron chi connectivity index (χ3n) is 2.57. The highest BCUT2D eigenvalue weighted by Crippen LogP contribution is 2.25. The first kappa shape index (κ1) is 12.5. The van der Waals surface area contributed by atoms with Gasteiger partial charge in [-0.3, -0.25) is 4.68 Å². The number of nitrogens with one attached hydrogen (secondary N) is 1. The summed E-state index contributed by atoms with van der Waals surface area (Å²) >= 11 is 1.59. The van der Waals surface area contributed by atoms with E-state index in [9.17, 15) is 5.26 Å². The Morgan fingerprint density at radius 1 is 1.44 bits per heavy atom. The van der Waals surface area contributed by atoms with Crippen LogP contribution in [0.3, 0.4) is 0 Å². The summed E-state index contributed by atoms with van der Waals surface area (Å²) in [4.78, 5) is 1.00. The van der Waals surface area contributed by atoms with Crippen molar-refractivity contribution in [2.75, 3.05) is 18.1 Å². The number of rotatable bonds is 5. The van der Waals surface area contributed by atoms with Gasteiger partial charge >= 0.3 is 0 Å². The number of hydrogen-bond donors (Lipinski definition) is 1. The second kappa shape index (κ2) is 6.12. The molecule has 2 aromatic rings. The summed E-state index contributed by atoms with van der Waals surface area (Å²) in [5.74, 6) is 0. The lowest BCUT2D eigenvalue weighted by Crippen LogP contribution is -2.11. The molecule has 0 spiro atoms. The molecule has 1 N–H and O–H groups in total. The van der Waals surface area contributed by atoms with Crippen LogP contribution in [0.2, 0.25) is 0 Å². The van der Waals surface area contributed by atoms with E-state index in [1.165, 1.54) is 0 Å². The average molecular weight is 258 g/mol. The zero-order valence-corrected chi connectivity index (χ0v) is 10.9. The Labute approximate surface area is 111 Å². The van der Waals surface area contributed by atoms with Crippen LogP contribution < -0.4 is 5.32 Å². The molecular weight excluding hydrogens is 244 g/mol. The summed E-state index contributed by atoms with van der Waals surface area (Å²) in [6.45, 7) is 1.52. The van der Waals surface area contributed by atoms with Gasteiger partial charge in [0, 0.05) is 23.8 Å². The fourth-order valence-electron chi connectivity index (χ4n) is 1.70. The Hall–Kier alpha value is -1.93. The molecule has 0 fully saturated rings. The Morgan fingerprint density at radius 2 is 2.33 bits per heavy atom. The van der Waals surface area contributed by atoms with Crippen LogP contribution in [-0.2, 0) is 6.54 Å². The van der Waals surface area contributed by atoms with Gasteiger partial charge in [0.2, 0.25) is 0 Å². The van der Waals surface area contributed by atoms with Crippen molar-refractivity contribution in [1.29, 1.82) is 5.26 Å². The summed E-state index contributed by atoms with van der Waals surface area (Å²) in [7, 11) is 0. The molecule has 0 atom stereocenters. The van der Waals surface area contributed by atoms with Gasteiger partial charge in [0.05, 0.1) is 17.8 Å². The maximum absolute atomic E-state index is 9.19. The highest BCUT2D eigenvalue weighted by atomic mass is 32.2. The molecule has 0 saturated carbocycles. The zero-order chi connectivity index (χ0) is 12.8. The van der Waals surface area contributed by atoms with Crippen molar-refractivity contribution < 1.29 is 0 Å². The molecule has 1 heterocycles. The zero-order valence-electron chi connectivity index (χ0n) is 10.1. The minimum atomic E-state index is 0.713. The van der Waals surface area contributed by atoms with Crippen LogP contribution in [0.4, 0.5) is 5.69 Å². The molecule has 0 saturated heterocycles. The van der Waals surface area contributed by atoms with Crippen molar-refractivity contribution in [3.8, 4) is 6.07 Å². The topological polar surface area (TPSA) is 53.6 Å². The monoisotopic (exact) mass is 258 g/mol. The minimum absolute atomic E-state index is 0.713. The van der Waals surface area contributed by atoms with Crippen molar-refractivity contribution in [3.05, 3.63) is 42.2 Å². The number of aromatic nitrogens is 2. The van der Waals surface area contributed by atoms with E-state index < -0.39 is 0 Å². The normalized spacial score (nSPS) is 10.0. The lowest BCUT2D eigenvalue weighted by Gasteiger charge is -2.10. The molecule has 18 heavy (non-hydrogen) atoms. The van der Waals surface area contributed by atoms with Gasteiger partial charge < -0.3 is 5.32 Å². The van der Waals surface area contributed by atoms with Gasteiger partial charge in [0.1, 0.15) is 6.07 Å². The van der Waals surface area contributed by atoms with Crippen molar-refractivity contribution in [2.45, 2.75) is 11.4 Å². The lowest BCUT2D eigenvalue weighted by atomic mass is 10.2. The number of benzene rings is 1. The van der Waals surface area contributed by atoms with E-state index in [4.69, 9.17) is 0 Å². The Morgan fingerprint density at radius 3 is 3.00 bits per heavy atom. The molecule has 92 valence electrons. The van der Waals surface area contributed by atoms with Crippen LogP contribution in [0.1, 0.15) is 5.56 Å². The fourth-order valence-corrected chi connectivity index (χ4v) is 2.28. The number of anilines is 1. The van der Waals surface area contributed by atoms with Crippen molar-refractivity contribution in [3.63, 3.8) is 0 Å². The minimum Gasteiger partial charge on any atom is -0.382 e. The number of nitriles is 1. The highest BCUT2D eigenvalue weighted by molar-refractivity contribution is 7.98. The van der Waals surface area contributed by atoms with E-state index in [0.29, 0.717) is 5.56 Å². The van der Waals surface area contributed by atoms with Gasteiger partial charge in [-0.1, -0.05) is 6.07 Å². The van der Waals surface area contributed by atoms with E-state index in [1.54, 1.807) is 18.0 Å². The predicted molar refractivity (Wildman–Crippen MR) is 73.7 cm³/mol. The van der Waals surface area contributed by atoms with Crippen LogP contribution in [0.5, 0.6) is 0 Å². The van der Waals surface area contributed by atoms with Crippen LogP contribution in [0.15, 0.2) is 41.6 Å². The molecule has 0 radical (unpaired) electrons. The Bertz CT molecular complexity index is 543. The molecule has 1 aromatic heterocycles. The number of hydrogen-bond acceptors (Lipinski definition) is 4. The SMILES string of the molecule is CSc1cccc(NCCn2cccn2)c1C#N. The lowest BCUT2D eigenvalue weighted by molar-refractivity contribution is 0.638. The standard InChI is InChI=1S/C13H14N4S/c1-18-13-5-2-4-12(11(13)10-14)15-7-9-17-8-3-6-16-17/h2-6,8,15H,7,9H2,1H3. The summed E-state index contributed by atoms with van der Waals surface area (Å²) < 4.78 is 1.86. The first-order valence-electron chi connectivity index (χ1n) is 5.63. The third kappa shape index (κ3) is 2.84. The molecule has 4 nitrogen and oxygen atoms in total. The molecule has 0 aliphatic carbocycles. The average Bonchev–Trinajstić information content (AvgIpc) is 2.91. The van der Waals surface area contributed by atoms with E-state index in [0.717, 1.165) is 23.7 Å². The van der Waals surface area contributed by atoms with Crippen LogP contribution in [0, 0.1) is 11.3 Å². The van der Waals surface area contributed by atoms with E-state index in [-0.39, 0.29) is 0 Å². The second-order valence-corrected chi connectivity index (χ2v) is 4.54. The van der Waals surface area contributed by atoms with Gasteiger partial charge in [-0.25, -0.2) is 0 Å². The number of nitrogens with zero attached hydrogens (tertiary/aromatic N) is 3. The van der Waals surface area contributed by atoms with Crippen molar-refractivity contribution >= 4 is 17.4 Å². The molecule has 0 aliphatic rings. The summed E-state index contributed by atoms with van der Waals surface area (Å²) in [6, 6.07) is 10.0. The molecule has 0 unspecified atom stereocenters. The maximum atomic E-state index is 9.19. The quantitative estimate of drug-likeness (QED) is 0.837. The molecule has 0 bridgehead atoms. The van der Waals surface area contributed by atoms with Gasteiger partial charge in [-0.15, -0.1) is 11.8 Å². The fraction of sp³-hybridized carbons (Fsp3) is 0.231. The van der Waals surface area contributed by atoms with E-state index >= 15 is 0 Å².